The molecule has 2 heterocycles. The molecule has 1 fully saturated rings. The fourth-order valence-electron chi connectivity index (χ4n) is 2.66. The van der Waals surface area contributed by atoms with Gasteiger partial charge in [-0.3, -0.25) is 19.3 Å². The van der Waals surface area contributed by atoms with Gasteiger partial charge < -0.3 is 10.1 Å². The molecule has 2 aromatic rings. The molecule has 1 saturated heterocycles. The number of hydrogen-bond donors (Lipinski definition) is 1. The van der Waals surface area contributed by atoms with E-state index in [1.807, 2.05) is 0 Å². The van der Waals surface area contributed by atoms with Gasteiger partial charge in [-0.05, 0) is 18.2 Å². The first-order valence-corrected chi connectivity index (χ1v) is 8.50. The van der Waals surface area contributed by atoms with Gasteiger partial charge in [0, 0.05) is 50.2 Å². The van der Waals surface area contributed by atoms with Crippen LogP contribution in [0.4, 0.5) is 4.39 Å². The standard InChI is InChI=1S/C19H18FN3O4/c20-14-4-1-5-15(11-14)27-19-13(3-2-9-21-19)12-22-16(24)8-10-23-17(25)6-7-18(23)26/h1-5,9,11H,6-8,10,12H2,(H,22,24). The minimum atomic E-state index is -0.427. The number of pyridine rings is 1. The zero-order valence-electron chi connectivity index (χ0n) is 14.5. The monoisotopic (exact) mass is 371 g/mol. The van der Waals surface area contributed by atoms with Crippen LogP contribution in [0.25, 0.3) is 0 Å². The molecule has 3 amide bonds. The number of ether oxygens (including phenoxy) is 1. The Kier molecular flexibility index (Phi) is 5.75. The number of rotatable bonds is 7. The van der Waals surface area contributed by atoms with E-state index in [0.29, 0.717) is 11.3 Å². The second-order valence-electron chi connectivity index (χ2n) is 5.99. The first-order valence-electron chi connectivity index (χ1n) is 8.50. The van der Waals surface area contributed by atoms with E-state index in [2.05, 4.69) is 10.3 Å². The molecule has 140 valence electrons. The molecule has 7 nitrogen and oxygen atoms in total. The van der Waals surface area contributed by atoms with Crippen molar-refractivity contribution in [3.05, 3.63) is 54.0 Å². The largest absolute Gasteiger partial charge is 0.439 e. The van der Waals surface area contributed by atoms with Crippen LogP contribution in [0.5, 0.6) is 11.6 Å². The van der Waals surface area contributed by atoms with Crippen molar-refractivity contribution in [1.82, 2.24) is 15.2 Å². The van der Waals surface area contributed by atoms with Crippen molar-refractivity contribution in [2.45, 2.75) is 25.8 Å². The van der Waals surface area contributed by atoms with E-state index in [1.165, 1.54) is 24.4 Å². The summed E-state index contributed by atoms with van der Waals surface area (Å²) in [7, 11) is 0. The van der Waals surface area contributed by atoms with E-state index in [1.54, 1.807) is 18.2 Å². The van der Waals surface area contributed by atoms with Crippen molar-refractivity contribution in [2.24, 2.45) is 0 Å². The van der Waals surface area contributed by atoms with Gasteiger partial charge in [0.2, 0.25) is 23.6 Å². The van der Waals surface area contributed by atoms with Crippen LogP contribution in [-0.2, 0) is 20.9 Å². The molecule has 0 atom stereocenters. The fraction of sp³-hybridized carbons (Fsp3) is 0.263. The summed E-state index contributed by atoms with van der Waals surface area (Å²) in [6.45, 7) is 0.225. The van der Waals surface area contributed by atoms with Crippen LogP contribution in [0.3, 0.4) is 0 Å². The van der Waals surface area contributed by atoms with Crippen LogP contribution in [0.15, 0.2) is 42.6 Å². The maximum absolute atomic E-state index is 13.3. The first kappa shape index (κ1) is 18.5. The van der Waals surface area contributed by atoms with Crippen molar-refractivity contribution in [2.75, 3.05) is 6.54 Å². The minimum Gasteiger partial charge on any atom is -0.439 e. The molecule has 8 heteroatoms. The van der Waals surface area contributed by atoms with Crippen molar-refractivity contribution >= 4 is 17.7 Å². The van der Waals surface area contributed by atoms with Gasteiger partial charge in [0.1, 0.15) is 11.6 Å². The Morgan fingerprint density at radius 2 is 1.96 bits per heavy atom. The summed E-state index contributed by atoms with van der Waals surface area (Å²) in [5.41, 5.74) is 0.614. The molecule has 0 unspecified atom stereocenters. The zero-order valence-corrected chi connectivity index (χ0v) is 14.5. The molecule has 1 aliphatic heterocycles. The molecule has 27 heavy (non-hydrogen) atoms. The van der Waals surface area contributed by atoms with Crippen molar-refractivity contribution < 1.29 is 23.5 Å². The van der Waals surface area contributed by atoms with Crippen molar-refractivity contribution in [3.63, 3.8) is 0 Å². The Morgan fingerprint density at radius 1 is 1.19 bits per heavy atom. The first-order chi connectivity index (χ1) is 13.0. The number of imide groups is 1. The Bertz CT molecular complexity index is 856. The van der Waals surface area contributed by atoms with Gasteiger partial charge in [-0.2, -0.15) is 0 Å². The lowest BCUT2D eigenvalue weighted by atomic mass is 10.2. The second kappa shape index (κ2) is 8.39. The van der Waals surface area contributed by atoms with Gasteiger partial charge in [0.25, 0.3) is 0 Å². The molecular formula is C19H18FN3O4. The molecule has 0 saturated carbocycles. The lowest BCUT2D eigenvalue weighted by Gasteiger charge is -2.14. The van der Waals surface area contributed by atoms with E-state index in [-0.39, 0.29) is 56.0 Å². The van der Waals surface area contributed by atoms with E-state index in [4.69, 9.17) is 4.74 Å². The molecule has 0 spiro atoms. The van der Waals surface area contributed by atoms with E-state index in [0.717, 1.165) is 4.90 Å². The van der Waals surface area contributed by atoms with Crippen LogP contribution in [-0.4, -0.2) is 34.2 Å². The third-order valence-electron chi connectivity index (χ3n) is 4.05. The van der Waals surface area contributed by atoms with Gasteiger partial charge in [-0.25, -0.2) is 9.37 Å². The normalized spacial score (nSPS) is 13.7. The topological polar surface area (TPSA) is 88.6 Å². The van der Waals surface area contributed by atoms with E-state index >= 15 is 0 Å². The number of halogens is 1. The maximum atomic E-state index is 13.3. The number of hydrogen-bond acceptors (Lipinski definition) is 5. The van der Waals surface area contributed by atoms with Gasteiger partial charge >= 0.3 is 0 Å². The highest BCUT2D eigenvalue weighted by atomic mass is 19.1. The number of carbonyl (C=O) groups excluding carboxylic acids is 3. The summed E-state index contributed by atoms with van der Waals surface area (Å²) in [5, 5.41) is 2.71. The number of aromatic nitrogens is 1. The Labute approximate surface area is 155 Å². The van der Waals surface area contributed by atoms with Gasteiger partial charge in [0.05, 0.1) is 0 Å². The van der Waals surface area contributed by atoms with E-state index < -0.39 is 5.82 Å². The molecule has 0 bridgehead atoms. The molecule has 1 aromatic heterocycles. The van der Waals surface area contributed by atoms with Crippen molar-refractivity contribution in [3.8, 4) is 11.6 Å². The van der Waals surface area contributed by atoms with Gasteiger partial charge in [-0.15, -0.1) is 0 Å². The number of carbonyl (C=O) groups is 3. The predicted octanol–water partition coefficient (Wildman–Crippen LogP) is 2.17. The Balaban J connectivity index is 1.55. The third-order valence-corrected chi connectivity index (χ3v) is 4.05. The smallest absolute Gasteiger partial charge is 0.229 e. The molecule has 1 N–H and O–H groups in total. The van der Waals surface area contributed by atoms with Gasteiger partial charge in [-0.1, -0.05) is 12.1 Å². The number of amides is 3. The summed E-state index contributed by atoms with van der Waals surface area (Å²) >= 11 is 0. The maximum Gasteiger partial charge on any atom is 0.229 e. The minimum absolute atomic E-state index is 0.0256. The summed E-state index contributed by atoms with van der Waals surface area (Å²) in [5.74, 6) is -0.662. The summed E-state index contributed by atoms with van der Waals surface area (Å²) < 4.78 is 18.9. The molecule has 0 radical (unpaired) electrons. The Hall–Kier alpha value is -3.29. The highest BCUT2D eigenvalue weighted by Crippen LogP contribution is 2.23. The quantitative estimate of drug-likeness (QED) is 0.754. The molecule has 0 aliphatic carbocycles. The Morgan fingerprint density at radius 3 is 2.70 bits per heavy atom. The molecular weight excluding hydrogens is 353 g/mol. The second-order valence-corrected chi connectivity index (χ2v) is 5.99. The van der Waals surface area contributed by atoms with Crippen LogP contribution in [0, 0.1) is 5.82 Å². The third kappa shape index (κ3) is 4.87. The van der Waals surface area contributed by atoms with Crippen molar-refractivity contribution in [1.29, 1.82) is 0 Å². The molecule has 1 aliphatic rings. The SMILES string of the molecule is O=C(CCN1C(=O)CCC1=O)NCc1cccnc1Oc1cccc(F)c1. The summed E-state index contributed by atoms with van der Waals surface area (Å²) in [6, 6.07) is 9.10. The number of benzene rings is 1. The van der Waals surface area contributed by atoms with E-state index in [9.17, 15) is 18.8 Å². The van der Waals surface area contributed by atoms with Crippen LogP contribution in [0.2, 0.25) is 0 Å². The number of likely N-dealkylation sites (tertiary alicyclic amines) is 1. The number of nitrogens with zero attached hydrogens (tertiary/aromatic N) is 2. The number of nitrogens with one attached hydrogen (secondary N) is 1. The average molecular weight is 371 g/mol. The van der Waals surface area contributed by atoms with Crippen LogP contribution < -0.4 is 10.1 Å². The average Bonchev–Trinajstić information content (AvgIpc) is 2.97. The molecule has 1 aromatic carbocycles. The predicted molar refractivity (Wildman–Crippen MR) is 93.1 cm³/mol. The lowest BCUT2D eigenvalue weighted by Crippen LogP contribution is -2.34. The lowest BCUT2D eigenvalue weighted by molar-refractivity contribution is -0.138. The van der Waals surface area contributed by atoms with Gasteiger partial charge in [0.15, 0.2) is 0 Å². The highest BCUT2D eigenvalue weighted by Gasteiger charge is 2.28. The molecule has 3 rings (SSSR count). The summed E-state index contributed by atoms with van der Waals surface area (Å²) in [6.07, 6.45) is 1.97. The van der Waals surface area contributed by atoms with Crippen LogP contribution >= 0.6 is 0 Å². The van der Waals surface area contributed by atoms with Crippen LogP contribution in [0.1, 0.15) is 24.8 Å². The summed E-state index contributed by atoms with van der Waals surface area (Å²) in [4.78, 5) is 40.3. The highest BCUT2D eigenvalue weighted by molar-refractivity contribution is 6.02. The zero-order chi connectivity index (χ0) is 19.2. The fourth-order valence-corrected chi connectivity index (χ4v) is 2.66.